The summed E-state index contributed by atoms with van der Waals surface area (Å²) < 4.78 is 5.52. The maximum absolute atomic E-state index is 12.2. The third-order valence-electron chi connectivity index (χ3n) is 3.04. The quantitative estimate of drug-likeness (QED) is 0.819. The van der Waals surface area contributed by atoms with Crippen LogP contribution in [0, 0.1) is 0 Å². The predicted octanol–water partition coefficient (Wildman–Crippen LogP) is 3.77. The fourth-order valence-corrected chi connectivity index (χ4v) is 2.81. The molecule has 0 unspecified atom stereocenters. The molecule has 116 valence electrons. The van der Waals surface area contributed by atoms with Crippen molar-refractivity contribution in [3.8, 4) is 0 Å². The van der Waals surface area contributed by atoms with E-state index >= 15 is 0 Å². The Bertz CT molecular complexity index is 705. The molecule has 1 saturated carbocycles. The lowest BCUT2D eigenvalue weighted by Crippen LogP contribution is -2.23. The molecule has 2 heterocycles. The summed E-state index contributed by atoms with van der Waals surface area (Å²) in [7, 11) is 0. The minimum absolute atomic E-state index is 0.257. The molecule has 0 spiro atoms. The largest absolute Gasteiger partial charge is 0.416 e. The van der Waals surface area contributed by atoms with Gasteiger partial charge in [0, 0.05) is 12.1 Å². The Balaban J connectivity index is 1.60. The van der Waals surface area contributed by atoms with Crippen LogP contribution in [0.4, 0.5) is 5.82 Å². The van der Waals surface area contributed by atoms with Crippen LogP contribution in [0.15, 0.2) is 21.9 Å². The molecule has 22 heavy (non-hydrogen) atoms. The molecule has 1 atom stereocenters. The van der Waals surface area contributed by atoms with Gasteiger partial charge in [-0.15, -0.1) is 10.2 Å². The zero-order valence-electron chi connectivity index (χ0n) is 11.5. The summed E-state index contributed by atoms with van der Waals surface area (Å²) in [5, 5.41) is 11.2. The standard InChI is InChI=1S/C13H12Cl2N4O2S/c1-6(22-13-19-18-12(21-13)7-2-3-7)11(20)17-10-9(15)4-8(14)5-16-10/h4-7H,2-3H2,1H3,(H,16,17,20)/t6-/m1/s1. The number of carbonyl (C=O) groups is 1. The van der Waals surface area contributed by atoms with Gasteiger partial charge in [-0.3, -0.25) is 4.79 Å². The normalized spacial score (nSPS) is 15.6. The average molecular weight is 359 g/mol. The Labute approximate surface area is 141 Å². The second-order valence-corrected chi connectivity index (χ2v) is 7.05. The lowest BCUT2D eigenvalue weighted by atomic mass is 10.4. The van der Waals surface area contributed by atoms with Crippen molar-refractivity contribution in [2.45, 2.75) is 36.2 Å². The van der Waals surface area contributed by atoms with E-state index < -0.39 is 5.25 Å². The number of amides is 1. The van der Waals surface area contributed by atoms with Crippen molar-refractivity contribution in [2.24, 2.45) is 0 Å². The van der Waals surface area contributed by atoms with Gasteiger partial charge in [-0.2, -0.15) is 0 Å². The first-order chi connectivity index (χ1) is 10.5. The maximum atomic E-state index is 12.2. The molecule has 1 amide bonds. The molecule has 0 bridgehead atoms. The van der Waals surface area contributed by atoms with E-state index in [1.165, 1.54) is 24.0 Å². The summed E-state index contributed by atoms with van der Waals surface area (Å²) in [6.45, 7) is 1.74. The number of thioether (sulfide) groups is 1. The predicted molar refractivity (Wildman–Crippen MR) is 84.5 cm³/mol. The average Bonchev–Trinajstić information content (AvgIpc) is 3.22. The summed E-state index contributed by atoms with van der Waals surface area (Å²) in [4.78, 5) is 16.1. The van der Waals surface area contributed by atoms with Crippen molar-refractivity contribution in [1.82, 2.24) is 15.2 Å². The van der Waals surface area contributed by atoms with Gasteiger partial charge in [0.2, 0.25) is 11.8 Å². The van der Waals surface area contributed by atoms with E-state index in [0.29, 0.717) is 22.1 Å². The SMILES string of the molecule is C[C@@H](Sc1nnc(C2CC2)o1)C(=O)Nc1ncc(Cl)cc1Cl. The van der Waals surface area contributed by atoms with Crippen molar-refractivity contribution in [3.63, 3.8) is 0 Å². The molecule has 1 fully saturated rings. The van der Waals surface area contributed by atoms with Gasteiger partial charge >= 0.3 is 0 Å². The maximum Gasteiger partial charge on any atom is 0.277 e. The Morgan fingerprint density at radius 1 is 1.45 bits per heavy atom. The van der Waals surface area contributed by atoms with Crippen molar-refractivity contribution in [2.75, 3.05) is 5.32 Å². The third kappa shape index (κ3) is 3.71. The molecule has 0 aliphatic heterocycles. The highest BCUT2D eigenvalue weighted by molar-refractivity contribution is 8.00. The molecule has 1 N–H and O–H groups in total. The molecular weight excluding hydrogens is 347 g/mol. The Morgan fingerprint density at radius 3 is 2.91 bits per heavy atom. The molecule has 3 rings (SSSR count). The fraction of sp³-hybridized carbons (Fsp3) is 0.385. The minimum atomic E-state index is -0.430. The number of anilines is 1. The molecule has 6 nitrogen and oxygen atoms in total. The number of halogens is 2. The summed E-state index contributed by atoms with van der Waals surface area (Å²) in [5.41, 5.74) is 0. The van der Waals surface area contributed by atoms with Crippen LogP contribution >= 0.6 is 35.0 Å². The van der Waals surface area contributed by atoms with Crippen LogP contribution < -0.4 is 5.32 Å². The van der Waals surface area contributed by atoms with Crippen molar-refractivity contribution in [3.05, 3.63) is 28.2 Å². The molecule has 1 aliphatic carbocycles. The highest BCUT2D eigenvalue weighted by Crippen LogP contribution is 2.40. The van der Waals surface area contributed by atoms with Crippen LogP contribution in [0.5, 0.6) is 0 Å². The van der Waals surface area contributed by atoms with Crippen LogP contribution in [0.3, 0.4) is 0 Å². The van der Waals surface area contributed by atoms with Crippen molar-refractivity contribution < 1.29 is 9.21 Å². The molecule has 2 aromatic heterocycles. The van der Waals surface area contributed by atoms with Crippen LogP contribution in [0.1, 0.15) is 31.6 Å². The van der Waals surface area contributed by atoms with Crippen LogP contribution in [0.2, 0.25) is 10.0 Å². The molecule has 1 aliphatic rings. The summed E-state index contributed by atoms with van der Waals surface area (Å²) >= 11 is 12.9. The topological polar surface area (TPSA) is 80.9 Å². The lowest BCUT2D eigenvalue weighted by Gasteiger charge is -2.10. The Kier molecular flexibility index (Phi) is 4.56. The van der Waals surface area contributed by atoms with E-state index in [2.05, 4.69) is 20.5 Å². The zero-order chi connectivity index (χ0) is 15.7. The summed E-state index contributed by atoms with van der Waals surface area (Å²) in [5.74, 6) is 1.06. The van der Waals surface area contributed by atoms with E-state index in [-0.39, 0.29) is 16.7 Å². The number of nitrogens with zero attached hydrogens (tertiary/aromatic N) is 3. The van der Waals surface area contributed by atoms with Gasteiger partial charge in [-0.05, 0) is 25.8 Å². The molecule has 0 radical (unpaired) electrons. The third-order valence-corrected chi connectivity index (χ3v) is 4.47. The first-order valence-electron chi connectivity index (χ1n) is 6.65. The van der Waals surface area contributed by atoms with Gasteiger partial charge in [0.15, 0.2) is 5.82 Å². The second kappa shape index (κ2) is 6.44. The Hall–Kier alpha value is -1.31. The Morgan fingerprint density at radius 2 is 2.23 bits per heavy atom. The summed E-state index contributed by atoms with van der Waals surface area (Å²) in [6, 6.07) is 1.52. The second-order valence-electron chi connectivity index (χ2n) is 4.91. The lowest BCUT2D eigenvalue weighted by molar-refractivity contribution is -0.115. The van der Waals surface area contributed by atoms with E-state index in [1.807, 2.05) is 0 Å². The van der Waals surface area contributed by atoms with Crippen LogP contribution in [-0.4, -0.2) is 26.3 Å². The molecular formula is C13H12Cl2N4O2S. The van der Waals surface area contributed by atoms with Crippen molar-refractivity contribution in [1.29, 1.82) is 0 Å². The van der Waals surface area contributed by atoms with E-state index in [1.54, 1.807) is 6.92 Å². The molecule has 0 aromatic carbocycles. The number of hydrogen-bond acceptors (Lipinski definition) is 6. The monoisotopic (exact) mass is 358 g/mol. The molecule has 2 aromatic rings. The van der Waals surface area contributed by atoms with E-state index in [4.69, 9.17) is 27.6 Å². The zero-order valence-corrected chi connectivity index (χ0v) is 13.9. The van der Waals surface area contributed by atoms with Gasteiger partial charge in [0.25, 0.3) is 5.22 Å². The van der Waals surface area contributed by atoms with Gasteiger partial charge in [-0.25, -0.2) is 4.98 Å². The smallest absolute Gasteiger partial charge is 0.277 e. The fourth-order valence-electron chi connectivity index (χ4n) is 1.69. The number of pyridine rings is 1. The highest BCUT2D eigenvalue weighted by Gasteiger charge is 2.30. The number of rotatable bonds is 5. The van der Waals surface area contributed by atoms with Crippen molar-refractivity contribution >= 4 is 46.7 Å². The van der Waals surface area contributed by atoms with Gasteiger partial charge in [-0.1, -0.05) is 35.0 Å². The van der Waals surface area contributed by atoms with Gasteiger partial charge in [0.1, 0.15) is 0 Å². The first kappa shape index (κ1) is 15.6. The number of aromatic nitrogens is 3. The highest BCUT2D eigenvalue weighted by atomic mass is 35.5. The minimum Gasteiger partial charge on any atom is -0.416 e. The van der Waals surface area contributed by atoms with E-state index in [9.17, 15) is 4.79 Å². The number of nitrogens with one attached hydrogen (secondary N) is 1. The van der Waals surface area contributed by atoms with Crippen LogP contribution in [-0.2, 0) is 4.79 Å². The summed E-state index contributed by atoms with van der Waals surface area (Å²) in [6.07, 6.45) is 3.59. The van der Waals surface area contributed by atoms with Gasteiger partial charge in [0.05, 0.1) is 15.3 Å². The van der Waals surface area contributed by atoms with Crippen LogP contribution in [0.25, 0.3) is 0 Å². The first-order valence-corrected chi connectivity index (χ1v) is 8.28. The van der Waals surface area contributed by atoms with E-state index in [0.717, 1.165) is 12.8 Å². The number of carbonyl (C=O) groups excluding carboxylic acids is 1. The molecule has 0 saturated heterocycles. The van der Waals surface area contributed by atoms with Gasteiger partial charge < -0.3 is 9.73 Å². The molecule has 9 heteroatoms. The number of hydrogen-bond donors (Lipinski definition) is 1.